The summed E-state index contributed by atoms with van der Waals surface area (Å²) in [4.78, 5) is 0. The maximum Gasteiger partial charge on any atom is 0.488 e. The Kier molecular flexibility index (Phi) is 2.71. The zero-order valence-electron chi connectivity index (χ0n) is 5.83. The molecule has 64 valence electrons. The normalized spacial score (nSPS) is 10.0. The van der Waals surface area contributed by atoms with Gasteiger partial charge in [-0.3, -0.25) is 0 Å². The van der Waals surface area contributed by atoms with Crippen LogP contribution in [0.5, 0.6) is 5.75 Å². The Morgan fingerprint density at radius 3 is 2.33 bits per heavy atom. The van der Waals surface area contributed by atoms with Crippen LogP contribution in [-0.4, -0.2) is 22.3 Å². The Bertz CT molecular complexity index is 282. The van der Waals surface area contributed by atoms with E-state index in [0.29, 0.717) is 0 Å². The van der Waals surface area contributed by atoms with Gasteiger partial charge in [0, 0.05) is 0 Å². The van der Waals surface area contributed by atoms with Crippen molar-refractivity contribution in [3.63, 3.8) is 0 Å². The molecule has 0 fully saturated rings. The van der Waals surface area contributed by atoms with Crippen molar-refractivity contribution in [1.82, 2.24) is 0 Å². The van der Waals surface area contributed by atoms with E-state index in [9.17, 15) is 4.39 Å². The standard InChI is InChI=1S/C6H5BBrFO3/c8-4-1-3(7(11)12)2-5(10)6(4)9/h1-2,10-12H. The fourth-order valence-corrected chi connectivity index (χ4v) is 1.21. The molecule has 0 spiro atoms. The van der Waals surface area contributed by atoms with Crippen LogP contribution >= 0.6 is 15.9 Å². The van der Waals surface area contributed by atoms with E-state index >= 15 is 0 Å². The second-order valence-electron chi connectivity index (χ2n) is 2.21. The SMILES string of the molecule is OB(O)c1cc(O)c(F)c(Br)c1. The summed E-state index contributed by atoms with van der Waals surface area (Å²) in [7, 11) is -1.72. The van der Waals surface area contributed by atoms with Crippen LogP contribution in [0.2, 0.25) is 0 Å². The van der Waals surface area contributed by atoms with Gasteiger partial charge in [0.05, 0.1) is 4.47 Å². The van der Waals surface area contributed by atoms with Crippen molar-refractivity contribution in [3.05, 3.63) is 22.4 Å². The van der Waals surface area contributed by atoms with Crippen LogP contribution in [0.1, 0.15) is 0 Å². The molecular formula is C6H5BBrFO3. The highest BCUT2D eigenvalue weighted by Gasteiger charge is 2.15. The summed E-state index contributed by atoms with van der Waals surface area (Å²) in [6, 6.07) is 2.13. The number of hydrogen-bond donors (Lipinski definition) is 3. The summed E-state index contributed by atoms with van der Waals surface area (Å²) in [5.74, 6) is -1.44. The molecule has 1 aromatic carbocycles. The third kappa shape index (κ3) is 1.77. The first-order valence-electron chi connectivity index (χ1n) is 3.06. The Morgan fingerprint density at radius 2 is 1.92 bits per heavy atom. The third-order valence-corrected chi connectivity index (χ3v) is 1.91. The highest BCUT2D eigenvalue weighted by molar-refractivity contribution is 9.10. The summed E-state index contributed by atoms with van der Waals surface area (Å²) in [5.41, 5.74) is 0.0285. The summed E-state index contributed by atoms with van der Waals surface area (Å²) < 4.78 is 12.7. The minimum atomic E-state index is -1.72. The van der Waals surface area contributed by atoms with Crippen LogP contribution in [0.4, 0.5) is 4.39 Å². The van der Waals surface area contributed by atoms with E-state index in [-0.39, 0.29) is 9.94 Å². The van der Waals surface area contributed by atoms with Gasteiger partial charge in [0.25, 0.3) is 0 Å². The molecule has 0 aliphatic carbocycles. The van der Waals surface area contributed by atoms with Gasteiger partial charge in [0.2, 0.25) is 0 Å². The van der Waals surface area contributed by atoms with E-state index in [2.05, 4.69) is 15.9 Å². The number of rotatable bonds is 1. The zero-order chi connectivity index (χ0) is 9.30. The summed E-state index contributed by atoms with van der Waals surface area (Å²) in [6.45, 7) is 0. The lowest BCUT2D eigenvalue weighted by Gasteiger charge is -2.02. The number of halogens is 2. The van der Waals surface area contributed by atoms with Gasteiger partial charge in [0.1, 0.15) is 0 Å². The lowest BCUT2D eigenvalue weighted by atomic mass is 9.80. The summed E-state index contributed by atoms with van der Waals surface area (Å²) in [5, 5.41) is 26.2. The van der Waals surface area contributed by atoms with Crippen molar-refractivity contribution < 1.29 is 19.5 Å². The van der Waals surface area contributed by atoms with E-state index in [4.69, 9.17) is 15.2 Å². The molecule has 0 aromatic heterocycles. The Balaban J connectivity index is 3.21. The van der Waals surface area contributed by atoms with Crippen LogP contribution in [-0.2, 0) is 0 Å². The van der Waals surface area contributed by atoms with Crippen molar-refractivity contribution in [3.8, 4) is 5.75 Å². The molecular weight excluding hydrogens is 230 g/mol. The summed E-state index contributed by atoms with van der Waals surface area (Å²) in [6.07, 6.45) is 0. The fourth-order valence-electron chi connectivity index (χ4n) is 0.744. The highest BCUT2D eigenvalue weighted by Crippen LogP contribution is 2.21. The number of benzene rings is 1. The first-order chi connectivity index (χ1) is 5.52. The smallest absolute Gasteiger partial charge is 0.488 e. The van der Waals surface area contributed by atoms with E-state index in [0.717, 1.165) is 6.07 Å². The molecule has 3 nitrogen and oxygen atoms in total. The zero-order valence-corrected chi connectivity index (χ0v) is 7.42. The van der Waals surface area contributed by atoms with Crippen molar-refractivity contribution in [2.24, 2.45) is 0 Å². The Hall–Kier alpha value is -0.585. The first kappa shape index (κ1) is 9.50. The van der Waals surface area contributed by atoms with Gasteiger partial charge in [-0.2, -0.15) is 0 Å². The molecule has 0 amide bonds. The average molecular weight is 235 g/mol. The van der Waals surface area contributed by atoms with Crippen molar-refractivity contribution in [2.75, 3.05) is 0 Å². The highest BCUT2D eigenvalue weighted by atomic mass is 79.9. The fraction of sp³-hybridized carbons (Fsp3) is 0. The third-order valence-electron chi connectivity index (χ3n) is 1.33. The van der Waals surface area contributed by atoms with Crippen LogP contribution in [0.15, 0.2) is 16.6 Å². The van der Waals surface area contributed by atoms with Crippen LogP contribution in [0.3, 0.4) is 0 Å². The minimum Gasteiger partial charge on any atom is -0.505 e. The second-order valence-corrected chi connectivity index (χ2v) is 3.06. The monoisotopic (exact) mass is 234 g/mol. The van der Waals surface area contributed by atoms with Crippen molar-refractivity contribution in [2.45, 2.75) is 0 Å². The van der Waals surface area contributed by atoms with Gasteiger partial charge in [-0.05, 0) is 33.5 Å². The Morgan fingerprint density at radius 1 is 1.33 bits per heavy atom. The molecule has 12 heavy (non-hydrogen) atoms. The number of aromatic hydroxyl groups is 1. The molecule has 3 N–H and O–H groups in total. The van der Waals surface area contributed by atoms with E-state index in [1.54, 1.807) is 0 Å². The molecule has 0 unspecified atom stereocenters. The maximum absolute atomic E-state index is 12.7. The van der Waals surface area contributed by atoms with Gasteiger partial charge in [-0.15, -0.1) is 0 Å². The molecule has 6 heteroatoms. The molecule has 0 atom stereocenters. The largest absolute Gasteiger partial charge is 0.505 e. The van der Waals surface area contributed by atoms with Gasteiger partial charge in [-0.1, -0.05) is 0 Å². The van der Waals surface area contributed by atoms with Crippen LogP contribution < -0.4 is 5.46 Å². The first-order valence-corrected chi connectivity index (χ1v) is 3.85. The molecule has 0 saturated heterocycles. The molecule has 0 radical (unpaired) electrons. The molecule has 0 bridgehead atoms. The molecule has 1 rings (SSSR count). The average Bonchev–Trinajstić information content (AvgIpc) is 1.99. The van der Waals surface area contributed by atoms with Crippen molar-refractivity contribution in [1.29, 1.82) is 0 Å². The van der Waals surface area contributed by atoms with Crippen molar-refractivity contribution >= 4 is 28.5 Å². The number of phenolic OH excluding ortho intramolecular Hbond substituents is 1. The molecule has 0 aliphatic rings. The van der Waals surface area contributed by atoms with Gasteiger partial charge in [0.15, 0.2) is 11.6 Å². The molecule has 1 aromatic rings. The van der Waals surface area contributed by atoms with Crippen LogP contribution in [0.25, 0.3) is 0 Å². The minimum absolute atomic E-state index is 0.00870. The predicted molar refractivity (Wildman–Crippen MR) is 45.6 cm³/mol. The summed E-state index contributed by atoms with van der Waals surface area (Å²) >= 11 is 2.81. The molecule has 0 saturated carbocycles. The predicted octanol–water partition coefficient (Wildman–Crippen LogP) is -0.0264. The maximum atomic E-state index is 12.7. The van der Waals surface area contributed by atoms with Gasteiger partial charge < -0.3 is 15.2 Å². The molecule has 0 heterocycles. The molecule has 0 aliphatic heterocycles. The van der Waals surface area contributed by atoms with E-state index in [1.165, 1.54) is 6.07 Å². The van der Waals surface area contributed by atoms with Crippen LogP contribution in [0, 0.1) is 5.82 Å². The second kappa shape index (κ2) is 3.43. The Labute approximate surface area is 76.7 Å². The number of hydrogen-bond acceptors (Lipinski definition) is 3. The quantitative estimate of drug-likeness (QED) is 0.599. The number of phenols is 1. The lowest BCUT2D eigenvalue weighted by molar-refractivity contribution is 0.419. The van der Waals surface area contributed by atoms with E-state index in [1.807, 2.05) is 0 Å². The van der Waals surface area contributed by atoms with Gasteiger partial charge in [-0.25, -0.2) is 4.39 Å². The topological polar surface area (TPSA) is 60.7 Å². The van der Waals surface area contributed by atoms with E-state index < -0.39 is 18.7 Å². The van der Waals surface area contributed by atoms with Gasteiger partial charge >= 0.3 is 7.12 Å². The lowest BCUT2D eigenvalue weighted by Crippen LogP contribution is -2.29.